The van der Waals surface area contributed by atoms with Crippen LogP contribution in [0.1, 0.15) is 18.2 Å². The summed E-state index contributed by atoms with van der Waals surface area (Å²) in [6, 6.07) is 0. The molecular formula is C11H18N2O2S. The number of aliphatic hydroxyl groups excluding tert-OH is 1. The molecule has 0 aromatic carbocycles. The summed E-state index contributed by atoms with van der Waals surface area (Å²) >= 11 is 1.73. The van der Waals surface area contributed by atoms with Crippen molar-refractivity contribution >= 4 is 16.5 Å². The molecular weight excluding hydrogens is 224 g/mol. The van der Waals surface area contributed by atoms with Crippen LogP contribution >= 0.6 is 11.3 Å². The first kappa shape index (κ1) is 11.8. The Morgan fingerprint density at radius 3 is 3.00 bits per heavy atom. The minimum absolute atomic E-state index is 0.228. The third-order valence-electron chi connectivity index (χ3n) is 2.63. The van der Waals surface area contributed by atoms with Gasteiger partial charge < -0.3 is 14.7 Å². The quantitative estimate of drug-likeness (QED) is 0.864. The lowest BCUT2D eigenvalue weighted by molar-refractivity contribution is 0.122. The highest BCUT2D eigenvalue weighted by Crippen LogP contribution is 2.24. The molecule has 0 saturated carbocycles. The van der Waals surface area contributed by atoms with Crippen molar-refractivity contribution in [1.82, 2.24) is 4.98 Å². The molecule has 0 radical (unpaired) electrons. The van der Waals surface area contributed by atoms with Gasteiger partial charge in [0.1, 0.15) is 0 Å². The van der Waals surface area contributed by atoms with E-state index in [-0.39, 0.29) is 6.10 Å². The molecule has 16 heavy (non-hydrogen) atoms. The average Bonchev–Trinajstić information content (AvgIpc) is 2.76. The number of thiazole rings is 1. The molecule has 2 rings (SSSR count). The van der Waals surface area contributed by atoms with Crippen molar-refractivity contribution in [3.8, 4) is 0 Å². The van der Waals surface area contributed by atoms with Crippen LogP contribution in [0.25, 0.3) is 0 Å². The van der Waals surface area contributed by atoms with Crippen molar-refractivity contribution in [3.63, 3.8) is 0 Å². The van der Waals surface area contributed by atoms with E-state index in [1.807, 2.05) is 13.1 Å². The van der Waals surface area contributed by atoms with E-state index in [0.29, 0.717) is 0 Å². The highest BCUT2D eigenvalue weighted by Gasteiger charge is 2.14. The summed E-state index contributed by atoms with van der Waals surface area (Å²) in [4.78, 5) is 7.94. The van der Waals surface area contributed by atoms with Crippen LogP contribution in [-0.4, -0.2) is 42.5 Å². The fraction of sp³-hybridized carbons (Fsp3) is 0.727. The van der Waals surface area contributed by atoms with Gasteiger partial charge in [0.25, 0.3) is 0 Å². The largest absolute Gasteiger partial charge is 0.393 e. The van der Waals surface area contributed by atoms with Crippen LogP contribution in [0, 0.1) is 0 Å². The fourth-order valence-electron chi connectivity index (χ4n) is 1.66. The Kier molecular flexibility index (Phi) is 4.15. The third-order valence-corrected chi connectivity index (χ3v) is 3.75. The van der Waals surface area contributed by atoms with Crippen molar-refractivity contribution in [2.24, 2.45) is 0 Å². The number of rotatable bonds is 4. The van der Waals surface area contributed by atoms with Crippen molar-refractivity contribution in [2.45, 2.75) is 25.9 Å². The van der Waals surface area contributed by atoms with E-state index in [1.54, 1.807) is 11.3 Å². The molecule has 0 aliphatic carbocycles. The molecule has 1 saturated heterocycles. The number of ether oxygens (including phenoxy) is 1. The topological polar surface area (TPSA) is 45.6 Å². The van der Waals surface area contributed by atoms with Crippen molar-refractivity contribution in [2.75, 3.05) is 31.2 Å². The summed E-state index contributed by atoms with van der Waals surface area (Å²) in [6.45, 7) is 5.28. The molecule has 0 unspecified atom stereocenters. The molecule has 4 nitrogen and oxygen atoms in total. The van der Waals surface area contributed by atoms with Gasteiger partial charge in [-0.1, -0.05) is 0 Å². The fourth-order valence-corrected chi connectivity index (χ4v) is 2.64. The molecule has 5 heteroatoms. The molecule has 0 bridgehead atoms. The average molecular weight is 242 g/mol. The first-order valence-corrected chi connectivity index (χ1v) is 6.53. The second-order valence-corrected chi connectivity index (χ2v) is 5.19. The zero-order chi connectivity index (χ0) is 11.4. The van der Waals surface area contributed by atoms with E-state index >= 15 is 0 Å². The molecule has 1 aromatic rings. The van der Waals surface area contributed by atoms with E-state index < -0.39 is 0 Å². The minimum atomic E-state index is -0.228. The highest BCUT2D eigenvalue weighted by atomic mass is 32.1. The molecule has 1 N–H and O–H groups in total. The molecule has 2 heterocycles. The second-order valence-electron chi connectivity index (χ2n) is 4.10. The molecule has 1 aliphatic rings. The summed E-state index contributed by atoms with van der Waals surface area (Å²) in [5.41, 5.74) is 0. The zero-order valence-corrected chi connectivity index (χ0v) is 10.4. The van der Waals surface area contributed by atoms with Gasteiger partial charge in [-0.2, -0.15) is 0 Å². The lowest BCUT2D eigenvalue weighted by Gasteiger charge is -2.25. The van der Waals surface area contributed by atoms with Crippen LogP contribution in [0.3, 0.4) is 0 Å². The first-order valence-electron chi connectivity index (χ1n) is 5.71. The van der Waals surface area contributed by atoms with Gasteiger partial charge in [-0.15, -0.1) is 11.3 Å². The van der Waals surface area contributed by atoms with Gasteiger partial charge >= 0.3 is 0 Å². The summed E-state index contributed by atoms with van der Waals surface area (Å²) < 4.78 is 5.31. The summed E-state index contributed by atoms with van der Waals surface area (Å²) in [5.74, 6) is 0. The van der Waals surface area contributed by atoms with E-state index in [2.05, 4.69) is 9.88 Å². The maximum Gasteiger partial charge on any atom is 0.185 e. The van der Waals surface area contributed by atoms with Gasteiger partial charge in [0.05, 0.1) is 19.3 Å². The van der Waals surface area contributed by atoms with Gasteiger partial charge in [-0.25, -0.2) is 4.98 Å². The van der Waals surface area contributed by atoms with Crippen LogP contribution in [-0.2, 0) is 11.2 Å². The number of aliphatic hydroxyl groups is 1. The summed E-state index contributed by atoms with van der Waals surface area (Å²) in [7, 11) is 0. The number of aromatic nitrogens is 1. The molecule has 1 atom stereocenters. The number of aryl methyl sites for hydroxylation is 1. The summed E-state index contributed by atoms with van der Waals surface area (Å²) in [5, 5.41) is 10.3. The SMILES string of the molecule is C[C@H](O)CCc1cnc(N2CCOCC2)s1. The summed E-state index contributed by atoms with van der Waals surface area (Å²) in [6.07, 6.45) is 3.43. The molecule has 0 spiro atoms. The van der Waals surface area contributed by atoms with Gasteiger partial charge in [-0.3, -0.25) is 0 Å². The Labute approximate surface area is 99.9 Å². The smallest absolute Gasteiger partial charge is 0.185 e. The Morgan fingerprint density at radius 2 is 2.31 bits per heavy atom. The van der Waals surface area contributed by atoms with Gasteiger partial charge in [0.2, 0.25) is 0 Å². The standard InChI is InChI=1S/C11H18N2O2S/c1-9(14)2-3-10-8-12-11(16-10)13-4-6-15-7-5-13/h8-9,14H,2-7H2,1H3/t9-/m0/s1. The van der Waals surface area contributed by atoms with Gasteiger partial charge in [0, 0.05) is 24.2 Å². The Balaban J connectivity index is 1.90. The lowest BCUT2D eigenvalue weighted by atomic mass is 10.2. The Bertz CT molecular complexity index is 322. The van der Waals surface area contributed by atoms with E-state index in [1.165, 1.54) is 4.88 Å². The highest BCUT2D eigenvalue weighted by molar-refractivity contribution is 7.15. The first-order chi connectivity index (χ1) is 7.75. The van der Waals surface area contributed by atoms with E-state index in [9.17, 15) is 5.11 Å². The van der Waals surface area contributed by atoms with Crippen molar-refractivity contribution in [3.05, 3.63) is 11.1 Å². The van der Waals surface area contributed by atoms with Gasteiger partial charge in [0.15, 0.2) is 5.13 Å². The third kappa shape index (κ3) is 3.17. The molecule has 0 amide bonds. The van der Waals surface area contributed by atoms with E-state index in [0.717, 1.165) is 44.3 Å². The Morgan fingerprint density at radius 1 is 1.56 bits per heavy atom. The maximum absolute atomic E-state index is 9.23. The van der Waals surface area contributed by atoms with Crippen LogP contribution in [0.4, 0.5) is 5.13 Å². The Hall–Kier alpha value is -0.650. The van der Waals surface area contributed by atoms with Crippen molar-refractivity contribution in [1.29, 1.82) is 0 Å². The van der Waals surface area contributed by atoms with Crippen molar-refractivity contribution < 1.29 is 9.84 Å². The molecule has 1 fully saturated rings. The van der Waals surface area contributed by atoms with Crippen LogP contribution < -0.4 is 4.90 Å². The molecule has 1 aliphatic heterocycles. The predicted octanol–water partition coefficient (Wildman–Crippen LogP) is 1.29. The minimum Gasteiger partial charge on any atom is -0.393 e. The number of nitrogens with zero attached hydrogens (tertiary/aromatic N) is 2. The van der Waals surface area contributed by atoms with E-state index in [4.69, 9.17) is 4.74 Å². The molecule has 1 aromatic heterocycles. The normalized spacial score (nSPS) is 18.8. The number of anilines is 1. The number of hydrogen-bond acceptors (Lipinski definition) is 5. The molecule has 90 valence electrons. The lowest BCUT2D eigenvalue weighted by Crippen LogP contribution is -2.36. The van der Waals surface area contributed by atoms with Crippen LogP contribution in [0.5, 0.6) is 0 Å². The number of morpholine rings is 1. The van der Waals surface area contributed by atoms with Crippen LogP contribution in [0.15, 0.2) is 6.20 Å². The zero-order valence-electron chi connectivity index (χ0n) is 9.56. The predicted molar refractivity (Wildman–Crippen MR) is 65.1 cm³/mol. The van der Waals surface area contributed by atoms with Crippen LogP contribution in [0.2, 0.25) is 0 Å². The number of hydrogen-bond donors (Lipinski definition) is 1. The van der Waals surface area contributed by atoms with Gasteiger partial charge in [-0.05, 0) is 19.8 Å². The monoisotopic (exact) mass is 242 g/mol. The maximum atomic E-state index is 9.23. The second kappa shape index (κ2) is 5.61.